The molecule has 2 atom stereocenters. The number of nitrogens with one attached hydrogen (secondary N) is 1. The molecule has 2 unspecified atom stereocenters. The maximum absolute atomic E-state index is 12.1. The summed E-state index contributed by atoms with van der Waals surface area (Å²) in [6.07, 6.45) is -3.41. The van der Waals surface area contributed by atoms with E-state index in [0.717, 1.165) is 0 Å². The maximum atomic E-state index is 12.1. The molecular weight excluding hydrogens is 315 g/mol. The largest absolute Gasteiger partial charge is 0.484 e. The van der Waals surface area contributed by atoms with Gasteiger partial charge in [0.05, 0.1) is 11.8 Å². The molecular formula is C15H16F3NO4. The highest BCUT2D eigenvalue weighted by Gasteiger charge is 2.41. The molecule has 2 rings (SSSR count). The van der Waals surface area contributed by atoms with Crippen molar-refractivity contribution in [3.63, 3.8) is 0 Å². The highest BCUT2D eigenvalue weighted by molar-refractivity contribution is 5.86. The first kappa shape index (κ1) is 17.1. The van der Waals surface area contributed by atoms with Crippen LogP contribution in [0.15, 0.2) is 24.3 Å². The van der Waals surface area contributed by atoms with Crippen LogP contribution in [0, 0.1) is 11.8 Å². The minimum Gasteiger partial charge on any atom is -0.484 e. The summed E-state index contributed by atoms with van der Waals surface area (Å²) in [5, 5.41) is 11.5. The van der Waals surface area contributed by atoms with Crippen LogP contribution in [0.4, 0.5) is 13.2 Å². The molecule has 1 aromatic carbocycles. The normalized spacial score (nSPS) is 20.5. The SMILES string of the molecule is O=C(O)C1CCC1C(=O)NCc1cccc(OCC(F)(F)F)c1. The van der Waals surface area contributed by atoms with E-state index in [-0.39, 0.29) is 18.2 Å². The van der Waals surface area contributed by atoms with Gasteiger partial charge >= 0.3 is 12.1 Å². The van der Waals surface area contributed by atoms with Crippen molar-refractivity contribution in [2.24, 2.45) is 11.8 Å². The molecule has 0 aliphatic heterocycles. The zero-order chi connectivity index (χ0) is 17.0. The molecule has 0 saturated heterocycles. The summed E-state index contributed by atoms with van der Waals surface area (Å²) in [6, 6.07) is 5.96. The standard InChI is InChI=1S/C15H16F3NO4/c16-15(17,18)8-23-10-3-1-2-9(6-10)7-19-13(20)11-4-5-12(11)14(21)22/h1-3,6,11-12H,4-5,7-8H2,(H,19,20)(H,21,22). The summed E-state index contributed by atoms with van der Waals surface area (Å²) in [7, 11) is 0. The van der Waals surface area contributed by atoms with E-state index in [1.807, 2.05) is 0 Å². The van der Waals surface area contributed by atoms with Gasteiger partial charge in [-0.25, -0.2) is 0 Å². The molecule has 1 aliphatic rings. The van der Waals surface area contributed by atoms with Gasteiger partial charge in [0.1, 0.15) is 5.75 Å². The van der Waals surface area contributed by atoms with Crippen LogP contribution in [0.25, 0.3) is 0 Å². The van der Waals surface area contributed by atoms with Crippen molar-refractivity contribution in [2.75, 3.05) is 6.61 Å². The number of rotatable bonds is 6. The number of halogens is 3. The third kappa shape index (κ3) is 4.87. The van der Waals surface area contributed by atoms with Gasteiger partial charge in [0.15, 0.2) is 6.61 Å². The van der Waals surface area contributed by atoms with Crippen LogP contribution in [-0.2, 0) is 16.1 Å². The molecule has 0 radical (unpaired) electrons. The first-order valence-corrected chi connectivity index (χ1v) is 7.05. The van der Waals surface area contributed by atoms with Crippen LogP contribution < -0.4 is 10.1 Å². The summed E-state index contributed by atoms with van der Waals surface area (Å²) in [5.41, 5.74) is 0.573. The van der Waals surface area contributed by atoms with E-state index in [1.165, 1.54) is 18.2 Å². The zero-order valence-electron chi connectivity index (χ0n) is 12.1. The zero-order valence-corrected chi connectivity index (χ0v) is 12.1. The van der Waals surface area contributed by atoms with E-state index in [0.29, 0.717) is 18.4 Å². The molecule has 2 N–H and O–H groups in total. The number of carbonyl (C=O) groups is 2. The minimum atomic E-state index is -4.42. The van der Waals surface area contributed by atoms with Gasteiger partial charge < -0.3 is 15.2 Å². The van der Waals surface area contributed by atoms with E-state index >= 15 is 0 Å². The van der Waals surface area contributed by atoms with E-state index in [9.17, 15) is 22.8 Å². The fourth-order valence-corrected chi connectivity index (χ4v) is 2.34. The van der Waals surface area contributed by atoms with Crippen molar-refractivity contribution < 1.29 is 32.6 Å². The Morgan fingerprint density at radius 3 is 2.52 bits per heavy atom. The highest BCUT2D eigenvalue weighted by Crippen LogP contribution is 2.34. The molecule has 5 nitrogen and oxygen atoms in total. The molecule has 1 aromatic rings. The van der Waals surface area contributed by atoms with Crippen LogP contribution in [-0.4, -0.2) is 29.8 Å². The van der Waals surface area contributed by atoms with Crippen molar-refractivity contribution in [1.82, 2.24) is 5.32 Å². The number of hydrogen-bond donors (Lipinski definition) is 2. The lowest BCUT2D eigenvalue weighted by Gasteiger charge is -2.31. The summed E-state index contributed by atoms with van der Waals surface area (Å²) < 4.78 is 40.9. The van der Waals surface area contributed by atoms with Crippen molar-refractivity contribution in [3.05, 3.63) is 29.8 Å². The van der Waals surface area contributed by atoms with Gasteiger partial charge in [-0.1, -0.05) is 12.1 Å². The Hall–Kier alpha value is -2.25. The van der Waals surface area contributed by atoms with E-state index in [1.54, 1.807) is 6.07 Å². The fourth-order valence-electron chi connectivity index (χ4n) is 2.34. The lowest BCUT2D eigenvalue weighted by atomic mass is 9.73. The molecule has 1 aliphatic carbocycles. The molecule has 0 bridgehead atoms. The average Bonchev–Trinajstić information content (AvgIpc) is 2.41. The molecule has 1 fully saturated rings. The molecule has 126 valence electrons. The smallest absolute Gasteiger partial charge is 0.422 e. The van der Waals surface area contributed by atoms with E-state index < -0.39 is 30.6 Å². The van der Waals surface area contributed by atoms with Crippen molar-refractivity contribution in [2.45, 2.75) is 25.6 Å². The van der Waals surface area contributed by atoms with Crippen LogP contribution in [0.2, 0.25) is 0 Å². The number of ether oxygens (including phenoxy) is 1. The number of aliphatic carboxylic acids is 1. The Bertz CT molecular complexity index is 588. The molecule has 1 saturated carbocycles. The van der Waals surface area contributed by atoms with Gasteiger partial charge in [-0.2, -0.15) is 13.2 Å². The topological polar surface area (TPSA) is 75.6 Å². The number of carboxylic acids is 1. The van der Waals surface area contributed by atoms with Gasteiger partial charge in [0.2, 0.25) is 5.91 Å². The number of benzene rings is 1. The van der Waals surface area contributed by atoms with Crippen molar-refractivity contribution in [3.8, 4) is 5.75 Å². The molecule has 0 aromatic heterocycles. The van der Waals surface area contributed by atoms with Gasteiger partial charge in [0.25, 0.3) is 0 Å². The quantitative estimate of drug-likeness (QED) is 0.839. The molecule has 8 heteroatoms. The Kier molecular flexibility index (Phi) is 5.12. The van der Waals surface area contributed by atoms with Crippen molar-refractivity contribution in [1.29, 1.82) is 0 Å². The first-order valence-electron chi connectivity index (χ1n) is 7.05. The monoisotopic (exact) mass is 331 g/mol. The number of alkyl halides is 3. The fraction of sp³-hybridized carbons (Fsp3) is 0.467. The lowest BCUT2D eigenvalue weighted by molar-refractivity contribution is -0.153. The number of carboxylic acid groups (broad SMARTS) is 1. The first-order chi connectivity index (χ1) is 10.8. The van der Waals surface area contributed by atoms with Gasteiger partial charge in [0, 0.05) is 6.54 Å². The molecule has 0 heterocycles. The number of amides is 1. The van der Waals surface area contributed by atoms with Crippen molar-refractivity contribution >= 4 is 11.9 Å². The Balaban J connectivity index is 1.86. The third-order valence-electron chi connectivity index (χ3n) is 3.70. The molecule has 0 spiro atoms. The third-order valence-corrected chi connectivity index (χ3v) is 3.70. The second kappa shape index (κ2) is 6.89. The summed E-state index contributed by atoms with van der Waals surface area (Å²) in [5.74, 6) is -2.49. The predicted octanol–water partition coefficient (Wildman–Crippen LogP) is 2.35. The van der Waals surface area contributed by atoms with Crippen LogP contribution in [0.3, 0.4) is 0 Å². The number of carbonyl (C=O) groups excluding carboxylic acids is 1. The Labute approximate surface area is 130 Å². The van der Waals surface area contributed by atoms with Crippen LogP contribution >= 0.6 is 0 Å². The van der Waals surface area contributed by atoms with Gasteiger partial charge in [-0.3, -0.25) is 9.59 Å². The Morgan fingerprint density at radius 1 is 1.26 bits per heavy atom. The van der Waals surface area contributed by atoms with E-state index in [2.05, 4.69) is 10.1 Å². The molecule has 23 heavy (non-hydrogen) atoms. The van der Waals surface area contributed by atoms with Crippen LogP contribution in [0.5, 0.6) is 5.75 Å². The van der Waals surface area contributed by atoms with E-state index in [4.69, 9.17) is 5.11 Å². The summed E-state index contributed by atoms with van der Waals surface area (Å²) in [4.78, 5) is 22.8. The Morgan fingerprint density at radius 2 is 1.96 bits per heavy atom. The van der Waals surface area contributed by atoms with Crippen LogP contribution in [0.1, 0.15) is 18.4 Å². The molecule has 1 amide bonds. The minimum absolute atomic E-state index is 0.0566. The number of hydrogen-bond acceptors (Lipinski definition) is 3. The van der Waals surface area contributed by atoms with Gasteiger partial charge in [-0.15, -0.1) is 0 Å². The lowest BCUT2D eigenvalue weighted by Crippen LogP contribution is -2.43. The second-order valence-electron chi connectivity index (χ2n) is 5.40. The predicted molar refractivity (Wildman–Crippen MR) is 73.7 cm³/mol. The summed E-state index contributed by atoms with van der Waals surface area (Å²) >= 11 is 0. The van der Waals surface area contributed by atoms with Gasteiger partial charge in [-0.05, 0) is 30.5 Å². The highest BCUT2D eigenvalue weighted by atomic mass is 19.4. The summed E-state index contributed by atoms with van der Waals surface area (Å²) in [6.45, 7) is -1.28. The second-order valence-corrected chi connectivity index (χ2v) is 5.40. The average molecular weight is 331 g/mol. The maximum Gasteiger partial charge on any atom is 0.422 e.